The summed E-state index contributed by atoms with van der Waals surface area (Å²) < 4.78 is 5.19. The fourth-order valence-corrected chi connectivity index (χ4v) is 7.42. The van der Waals surface area contributed by atoms with Crippen molar-refractivity contribution >= 4 is 13.1 Å². The Labute approximate surface area is 182 Å². The van der Waals surface area contributed by atoms with Gasteiger partial charge in [0.25, 0.3) is 0 Å². The van der Waals surface area contributed by atoms with E-state index in [1.165, 1.54) is 49.0 Å². The van der Waals surface area contributed by atoms with E-state index in [9.17, 15) is 0 Å². The third-order valence-corrected chi connectivity index (χ3v) is 8.76. The van der Waals surface area contributed by atoms with E-state index in [1.54, 1.807) is 6.08 Å². The van der Waals surface area contributed by atoms with Crippen LogP contribution in [-0.2, 0) is 21.7 Å². The fourth-order valence-electron chi connectivity index (χ4n) is 3.26. The second-order valence-corrected chi connectivity index (χ2v) is 10.4. The number of rotatable bonds is 9. The Morgan fingerprint density at radius 2 is 1.59 bits per heavy atom. The Morgan fingerprint density at radius 1 is 1.00 bits per heavy atom. The number of hydrogen-bond donors (Lipinski definition) is 0. The molecule has 0 saturated heterocycles. The molecule has 1 aliphatic rings. The van der Waals surface area contributed by atoms with Crippen LogP contribution in [0.1, 0.15) is 52.0 Å². The standard InChI is InChI=1S/C14H26NP.C10H10.Ti/c1-4-11-16(12-5-2,13-6-3)15-14-9-7-8-10-14;1-2-3-7-10-8-5-4-6-9-10;/h7-9H,4-6,10-13H2,1-3H3;2-9H,1H2;. The molecule has 0 spiro atoms. The Bertz CT molecular complexity index is 632. The van der Waals surface area contributed by atoms with E-state index in [0.29, 0.717) is 0 Å². The molecule has 2 rings (SSSR count). The van der Waals surface area contributed by atoms with E-state index in [-0.39, 0.29) is 21.7 Å². The van der Waals surface area contributed by atoms with Gasteiger partial charge in [0.1, 0.15) is 0 Å². The van der Waals surface area contributed by atoms with Crippen LogP contribution in [0.25, 0.3) is 6.08 Å². The Balaban J connectivity index is 0.000000531. The zero-order valence-electron chi connectivity index (χ0n) is 17.4. The minimum atomic E-state index is -1.03. The van der Waals surface area contributed by atoms with Crippen LogP contribution in [0.5, 0.6) is 0 Å². The minimum Gasteiger partial charge on any atom is -0.272 e. The Morgan fingerprint density at radius 3 is 2.04 bits per heavy atom. The van der Waals surface area contributed by atoms with Crippen molar-refractivity contribution in [2.75, 3.05) is 18.5 Å². The van der Waals surface area contributed by atoms with Gasteiger partial charge >= 0.3 is 0 Å². The first-order valence-corrected chi connectivity index (χ1v) is 12.3. The van der Waals surface area contributed by atoms with Crippen molar-refractivity contribution in [3.05, 3.63) is 78.6 Å². The van der Waals surface area contributed by atoms with E-state index in [4.69, 9.17) is 4.74 Å². The number of benzene rings is 1. The molecule has 0 amide bonds. The van der Waals surface area contributed by atoms with Gasteiger partial charge in [0.15, 0.2) is 0 Å². The molecular weight excluding hydrogens is 381 g/mol. The van der Waals surface area contributed by atoms with Gasteiger partial charge in [-0.1, -0.05) is 107 Å². The Kier molecular flexibility index (Phi) is 15.6. The quantitative estimate of drug-likeness (QED) is 0.218. The van der Waals surface area contributed by atoms with Gasteiger partial charge in [-0.15, -0.1) is 0 Å². The molecule has 1 aliphatic carbocycles. The number of hydrogen-bond acceptors (Lipinski definition) is 1. The summed E-state index contributed by atoms with van der Waals surface area (Å²) in [6.45, 7) is 10.5. The van der Waals surface area contributed by atoms with E-state index < -0.39 is 7.05 Å². The van der Waals surface area contributed by atoms with Gasteiger partial charge in [-0.25, -0.2) is 0 Å². The maximum absolute atomic E-state index is 5.19. The molecule has 0 bridgehead atoms. The molecule has 0 radical (unpaired) electrons. The van der Waals surface area contributed by atoms with Gasteiger partial charge in [0, 0.05) is 33.8 Å². The third-order valence-electron chi connectivity index (χ3n) is 4.24. The molecule has 0 saturated carbocycles. The maximum atomic E-state index is 5.19. The molecular formula is C24H36NPTi. The van der Waals surface area contributed by atoms with Gasteiger partial charge in [-0.2, -0.15) is 0 Å². The van der Waals surface area contributed by atoms with Crippen LogP contribution in [0.3, 0.4) is 0 Å². The SMILES string of the molecule is C=CC=Cc1ccccc1.CCCP(CCC)(CCC)=NC1=CC=CC1.[Ti]. The normalized spacial score (nSPS) is 12.8. The van der Waals surface area contributed by atoms with Crippen LogP contribution in [0.15, 0.2) is 77.7 Å². The van der Waals surface area contributed by atoms with Crippen molar-refractivity contribution in [2.45, 2.75) is 46.5 Å². The molecule has 0 heterocycles. The van der Waals surface area contributed by atoms with Crippen molar-refractivity contribution in [3.63, 3.8) is 0 Å². The monoisotopic (exact) mass is 417 g/mol. The van der Waals surface area contributed by atoms with Gasteiger partial charge in [-0.3, -0.25) is 4.74 Å². The molecule has 27 heavy (non-hydrogen) atoms. The Hall–Kier alpha value is -0.876. The van der Waals surface area contributed by atoms with Crippen molar-refractivity contribution in [2.24, 2.45) is 4.74 Å². The first-order chi connectivity index (χ1) is 12.7. The molecule has 1 aromatic carbocycles. The second kappa shape index (κ2) is 16.1. The molecule has 0 aliphatic heterocycles. The zero-order valence-corrected chi connectivity index (χ0v) is 19.9. The molecule has 0 unspecified atom stereocenters. The third kappa shape index (κ3) is 10.9. The van der Waals surface area contributed by atoms with Crippen molar-refractivity contribution in [3.8, 4) is 0 Å². The van der Waals surface area contributed by atoms with Crippen LogP contribution in [0, 0.1) is 0 Å². The molecule has 1 aromatic rings. The predicted octanol–water partition coefficient (Wildman–Crippen LogP) is 8.14. The molecule has 0 aromatic heterocycles. The van der Waals surface area contributed by atoms with E-state index in [0.717, 1.165) is 6.42 Å². The average molecular weight is 417 g/mol. The summed E-state index contributed by atoms with van der Waals surface area (Å²) in [6.07, 6.45) is 21.3. The molecule has 3 heteroatoms. The van der Waals surface area contributed by atoms with Crippen molar-refractivity contribution < 1.29 is 21.7 Å². The zero-order chi connectivity index (χ0) is 19.1. The topological polar surface area (TPSA) is 12.4 Å². The first kappa shape index (κ1) is 26.1. The van der Waals surface area contributed by atoms with E-state index in [2.05, 4.69) is 57.7 Å². The molecule has 146 valence electrons. The summed E-state index contributed by atoms with van der Waals surface area (Å²) in [7, 11) is -1.03. The molecule has 0 atom stereocenters. The summed E-state index contributed by atoms with van der Waals surface area (Å²) >= 11 is 0. The van der Waals surface area contributed by atoms with Crippen LogP contribution in [0.2, 0.25) is 0 Å². The van der Waals surface area contributed by atoms with Crippen molar-refractivity contribution in [1.29, 1.82) is 0 Å². The number of allylic oxidation sites excluding steroid dienone is 5. The molecule has 0 N–H and O–H groups in total. The minimum absolute atomic E-state index is 0. The van der Waals surface area contributed by atoms with Crippen LogP contribution in [0.4, 0.5) is 0 Å². The van der Waals surface area contributed by atoms with E-state index in [1.807, 2.05) is 30.4 Å². The molecule has 1 nitrogen and oxygen atoms in total. The van der Waals surface area contributed by atoms with Gasteiger partial charge in [-0.05, 0) is 37.2 Å². The van der Waals surface area contributed by atoms with Gasteiger partial charge in [0.2, 0.25) is 0 Å². The fraction of sp³-hybridized carbons (Fsp3) is 0.417. The van der Waals surface area contributed by atoms with Gasteiger partial charge < -0.3 is 0 Å². The summed E-state index contributed by atoms with van der Waals surface area (Å²) in [5.74, 6) is 0. The largest absolute Gasteiger partial charge is 0.272 e. The predicted molar refractivity (Wildman–Crippen MR) is 122 cm³/mol. The summed E-state index contributed by atoms with van der Waals surface area (Å²) in [4.78, 5) is 0. The summed E-state index contributed by atoms with van der Waals surface area (Å²) in [5, 5.41) is 0. The summed E-state index contributed by atoms with van der Waals surface area (Å²) in [5.41, 5.74) is 2.55. The first-order valence-electron chi connectivity index (χ1n) is 9.99. The smallest absolute Gasteiger partial charge is 0.0425 e. The van der Waals surface area contributed by atoms with Crippen molar-refractivity contribution in [1.82, 2.24) is 0 Å². The molecule has 0 fully saturated rings. The summed E-state index contributed by atoms with van der Waals surface area (Å²) in [6, 6.07) is 10.1. The maximum Gasteiger partial charge on any atom is 0.0425 e. The number of nitrogens with zero attached hydrogens (tertiary/aromatic N) is 1. The average Bonchev–Trinajstić information content (AvgIpc) is 3.15. The van der Waals surface area contributed by atoms with Crippen LogP contribution < -0.4 is 0 Å². The van der Waals surface area contributed by atoms with Crippen LogP contribution in [-0.4, -0.2) is 18.5 Å². The second-order valence-electron chi connectivity index (χ2n) is 6.66. The van der Waals surface area contributed by atoms with Crippen LogP contribution >= 0.6 is 7.05 Å². The van der Waals surface area contributed by atoms with Gasteiger partial charge in [0.05, 0.1) is 0 Å². The van der Waals surface area contributed by atoms with E-state index >= 15 is 0 Å².